The molecule has 0 spiro atoms. The van der Waals surface area contributed by atoms with Gasteiger partial charge < -0.3 is 29.9 Å². The van der Waals surface area contributed by atoms with E-state index in [1.165, 1.54) is 0 Å². The summed E-state index contributed by atoms with van der Waals surface area (Å²) in [5, 5.41) is 31.9. The van der Waals surface area contributed by atoms with Crippen molar-refractivity contribution in [1.29, 1.82) is 0 Å². The maximum atomic E-state index is 11.9. The number of carbonyl (C=O) groups is 3. The van der Waals surface area contributed by atoms with Crippen LogP contribution in [0.2, 0.25) is 0 Å². The molecule has 0 heterocycles. The van der Waals surface area contributed by atoms with Crippen LogP contribution < -0.4 is 40.0 Å². The normalized spacial score (nSPS) is 12.9. The number of quaternary nitrogens is 1. The van der Waals surface area contributed by atoms with Crippen molar-refractivity contribution in [2.45, 2.75) is 51.9 Å². The molecule has 9 heteroatoms. The molecule has 0 bridgehead atoms. The molecular weight excluding hydrogens is 375 g/mol. The molecule has 0 rings (SSSR count). The zero-order valence-corrected chi connectivity index (χ0v) is 19.3. The molecule has 0 aliphatic heterocycles. The van der Waals surface area contributed by atoms with Crippen molar-refractivity contribution in [3.8, 4) is 0 Å². The third-order valence-electron chi connectivity index (χ3n) is 4.53. The Kier molecular flexibility index (Phi) is 18.9. The van der Waals surface area contributed by atoms with E-state index >= 15 is 0 Å². The van der Waals surface area contributed by atoms with E-state index in [2.05, 4.69) is 5.32 Å². The van der Waals surface area contributed by atoms with Gasteiger partial charge in [-0.25, -0.2) is 0 Å². The number of aliphatic hydroxyl groups excluding tert-OH is 1. The molecule has 0 aliphatic rings. The van der Waals surface area contributed by atoms with Gasteiger partial charge in [-0.15, -0.1) is 0 Å². The smallest absolute Gasteiger partial charge is 0.550 e. The number of carboxylic acids is 2. The van der Waals surface area contributed by atoms with E-state index < -0.39 is 11.9 Å². The molecule has 0 fully saturated rings. The van der Waals surface area contributed by atoms with E-state index in [4.69, 9.17) is 5.11 Å². The third-order valence-corrected chi connectivity index (χ3v) is 4.53. The largest absolute Gasteiger partial charge is 1.00 e. The van der Waals surface area contributed by atoms with Crippen molar-refractivity contribution in [2.75, 3.05) is 39.3 Å². The zero-order chi connectivity index (χ0) is 20.5. The molecule has 1 atom stereocenters. The Labute approximate surface area is 189 Å². The van der Waals surface area contributed by atoms with Crippen molar-refractivity contribution in [3.63, 3.8) is 0 Å². The van der Waals surface area contributed by atoms with Gasteiger partial charge in [0.2, 0.25) is 5.91 Å². The van der Waals surface area contributed by atoms with Crippen molar-refractivity contribution < 1.29 is 63.7 Å². The van der Waals surface area contributed by atoms with Crippen LogP contribution in [0.1, 0.15) is 51.9 Å². The Balaban J connectivity index is 0. The molecule has 0 aromatic heterocycles. The molecule has 0 aromatic carbocycles. The van der Waals surface area contributed by atoms with Crippen LogP contribution in [0.5, 0.6) is 0 Å². The van der Waals surface area contributed by atoms with E-state index in [0.717, 1.165) is 12.8 Å². The molecule has 156 valence electrons. The molecule has 0 saturated carbocycles. The zero-order valence-electron chi connectivity index (χ0n) is 17.3. The van der Waals surface area contributed by atoms with E-state index in [0.29, 0.717) is 56.5 Å². The summed E-state index contributed by atoms with van der Waals surface area (Å²) in [4.78, 5) is 33.4. The first-order valence-corrected chi connectivity index (χ1v) is 9.60. The number of nitrogens with one attached hydrogen (secondary N) is 1. The van der Waals surface area contributed by atoms with Gasteiger partial charge in [-0.05, 0) is 26.2 Å². The van der Waals surface area contributed by atoms with Crippen molar-refractivity contribution in [3.05, 3.63) is 12.2 Å². The minimum absolute atomic E-state index is 0. The van der Waals surface area contributed by atoms with E-state index in [1.807, 2.05) is 19.1 Å². The number of aliphatic hydroxyl groups is 1. The number of aliphatic carboxylic acids is 2. The second-order valence-electron chi connectivity index (χ2n) is 6.74. The summed E-state index contributed by atoms with van der Waals surface area (Å²) in [5.74, 6) is -2.06. The topological polar surface area (TPSA) is 127 Å². The van der Waals surface area contributed by atoms with Crippen LogP contribution in [0.25, 0.3) is 0 Å². The molecule has 3 N–H and O–H groups in total. The minimum atomic E-state index is -1.13. The standard InChI is InChI=1S/C19H34N2O6.Na/c1-2-3-4-5-8-17(23)20-11-14-21(15-16-22,12-6-9-18(24)25)13-7-10-19(26)27;/h2-3,22H,4-16H2,1H3,(H2-,20,23,24,25,26,27);/q;+1/b3-2+;. The second-order valence-corrected chi connectivity index (χ2v) is 6.74. The number of carboxylic acid groups (broad SMARTS) is 2. The van der Waals surface area contributed by atoms with Gasteiger partial charge in [-0.1, -0.05) is 12.2 Å². The summed E-state index contributed by atoms with van der Waals surface area (Å²) >= 11 is 0. The number of rotatable bonds is 17. The summed E-state index contributed by atoms with van der Waals surface area (Å²) < 4.78 is 0.385. The number of hydrogen-bond acceptors (Lipinski definition) is 5. The Bertz CT molecular complexity index is 465. The van der Waals surface area contributed by atoms with Crippen molar-refractivity contribution >= 4 is 17.8 Å². The number of carbonyl (C=O) groups excluding carboxylic acids is 2. The summed E-state index contributed by atoms with van der Waals surface area (Å²) in [5.41, 5.74) is 0. The van der Waals surface area contributed by atoms with Gasteiger partial charge in [0.05, 0.1) is 39.2 Å². The molecule has 28 heavy (non-hydrogen) atoms. The van der Waals surface area contributed by atoms with E-state index in [-0.39, 0.29) is 54.9 Å². The Morgan fingerprint density at radius 3 is 2.18 bits per heavy atom. The fourth-order valence-electron chi connectivity index (χ4n) is 3.08. The van der Waals surface area contributed by atoms with Crippen LogP contribution in [0.4, 0.5) is 0 Å². The van der Waals surface area contributed by atoms with Crippen molar-refractivity contribution in [2.24, 2.45) is 0 Å². The van der Waals surface area contributed by atoms with Crippen LogP contribution in [0.3, 0.4) is 0 Å². The maximum Gasteiger partial charge on any atom is 1.00 e. The predicted octanol–water partition coefficient (Wildman–Crippen LogP) is -2.94. The Morgan fingerprint density at radius 2 is 1.64 bits per heavy atom. The van der Waals surface area contributed by atoms with Crippen LogP contribution in [-0.2, 0) is 14.4 Å². The van der Waals surface area contributed by atoms with Gasteiger partial charge >= 0.3 is 35.5 Å². The van der Waals surface area contributed by atoms with E-state index in [1.54, 1.807) is 0 Å². The van der Waals surface area contributed by atoms with Crippen LogP contribution in [-0.4, -0.2) is 71.9 Å². The van der Waals surface area contributed by atoms with Gasteiger partial charge in [0.1, 0.15) is 6.54 Å². The van der Waals surface area contributed by atoms with Gasteiger partial charge in [-0.3, -0.25) is 9.59 Å². The summed E-state index contributed by atoms with van der Waals surface area (Å²) in [6, 6.07) is 0. The second kappa shape index (κ2) is 18.1. The predicted molar refractivity (Wildman–Crippen MR) is 99.6 cm³/mol. The maximum absolute atomic E-state index is 11.9. The Morgan fingerprint density at radius 1 is 1.00 bits per heavy atom. The molecule has 0 aromatic rings. The fraction of sp³-hybridized carbons (Fsp3) is 0.737. The van der Waals surface area contributed by atoms with Gasteiger partial charge in [0.15, 0.2) is 0 Å². The molecule has 1 unspecified atom stereocenters. The number of amides is 1. The monoisotopic (exact) mass is 409 g/mol. The molecule has 8 nitrogen and oxygen atoms in total. The molecule has 0 saturated heterocycles. The van der Waals surface area contributed by atoms with Gasteiger partial charge in [0, 0.05) is 25.2 Å². The van der Waals surface area contributed by atoms with Crippen LogP contribution in [0, 0.1) is 0 Å². The first-order chi connectivity index (χ1) is 12.8. The fourth-order valence-corrected chi connectivity index (χ4v) is 3.08. The molecule has 0 aliphatic carbocycles. The quantitative estimate of drug-likeness (QED) is 0.102. The SMILES string of the molecule is C/C=C/CCCC(=O)NCC[N+](CCO)(CCCC(=O)[O-])CCCC(=O)O.[Na+]. The average molecular weight is 409 g/mol. The van der Waals surface area contributed by atoms with Crippen molar-refractivity contribution in [1.82, 2.24) is 5.32 Å². The first-order valence-electron chi connectivity index (χ1n) is 9.60. The number of unbranched alkanes of at least 4 members (excludes halogenated alkanes) is 1. The van der Waals surface area contributed by atoms with Crippen LogP contribution >= 0.6 is 0 Å². The third kappa shape index (κ3) is 16.1. The van der Waals surface area contributed by atoms with Gasteiger partial charge in [-0.2, -0.15) is 0 Å². The minimum Gasteiger partial charge on any atom is -0.550 e. The summed E-state index contributed by atoms with van der Waals surface area (Å²) in [6.07, 6.45) is 6.77. The number of hydrogen-bond donors (Lipinski definition) is 3. The Hall–Kier alpha value is -0.930. The number of allylic oxidation sites excluding steroid dienone is 2. The van der Waals surface area contributed by atoms with E-state index in [9.17, 15) is 24.6 Å². The van der Waals surface area contributed by atoms with Gasteiger partial charge in [0.25, 0.3) is 0 Å². The van der Waals surface area contributed by atoms with Crippen LogP contribution in [0.15, 0.2) is 12.2 Å². The first kappa shape index (κ1) is 29.3. The molecule has 0 radical (unpaired) electrons. The summed E-state index contributed by atoms with van der Waals surface area (Å²) in [6.45, 7) is 4.17. The summed E-state index contributed by atoms with van der Waals surface area (Å²) in [7, 11) is 0. The molecule has 1 amide bonds. The molecular formula is C19H34N2NaO6+. The average Bonchev–Trinajstić information content (AvgIpc) is 2.58. The number of nitrogens with zero attached hydrogens (tertiary/aromatic N) is 1.